The van der Waals surface area contributed by atoms with Crippen LogP contribution >= 0.6 is 0 Å². The monoisotopic (exact) mass is 247 g/mol. The minimum Gasteiger partial charge on any atom is -0.506 e. The van der Waals surface area contributed by atoms with Crippen LogP contribution in [-0.4, -0.2) is 25.8 Å². The maximum absolute atomic E-state index is 13.8. The van der Waals surface area contributed by atoms with E-state index in [1.807, 2.05) is 0 Å². The van der Waals surface area contributed by atoms with Gasteiger partial charge in [-0.2, -0.15) is 0 Å². The molecule has 3 N–H and O–H groups in total. The van der Waals surface area contributed by atoms with Crippen molar-refractivity contribution in [3.63, 3.8) is 0 Å². The predicted octanol–water partition coefficient (Wildman–Crippen LogP) is 0.825. The van der Waals surface area contributed by atoms with Crippen LogP contribution in [0.25, 0.3) is 0 Å². The molecule has 1 aromatic rings. The van der Waals surface area contributed by atoms with Crippen LogP contribution in [0.15, 0.2) is 17.0 Å². The largest absolute Gasteiger partial charge is 0.506 e. The lowest BCUT2D eigenvalue weighted by molar-refractivity contribution is 0.442. The summed E-state index contributed by atoms with van der Waals surface area (Å²) in [5, 5.41) is 9.34. The number of hydrogen-bond acceptors (Lipinski definition) is 4. The summed E-state index contributed by atoms with van der Waals surface area (Å²) in [6.07, 6.45) is 1.06. The van der Waals surface area contributed by atoms with E-state index in [1.54, 1.807) is 6.92 Å². The van der Waals surface area contributed by atoms with E-state index in [-0.39, 0.29) is 18.0 Å². The normalized spacial score (nSPS) is 13.8. The van der Waals surface area contributed by atoms with Gasteiger partial charge in [-0.15, -0.1) is 0 Å². The third-order valence-electron chi connectivity index (χ3n) is 2.07. The Labute approximate surface area is 93.8 Å². The van der Waals surface area contributed by atoms with E-state index in [0.29, 0.717) is 0 Å². The number of sulfone groups is 1. The molecule has 0 bridgehead atoms. The van der Waals surface area contributed by atoms with E-state index < -0.39 is 26.3 Å². The van der Waals surface area contributed by atoms with Gasteiger partial charge in [-0.1, -0.05) is 6.07 Å². The Morgan fingerprint density at radius 2 is 2.06 bits per heavy atom. The molecule has 0 saturated heterocycles. The minimum absolute atomic E-state index is 0.188. The first-order chi connectivity index (χ1) is 7.23. The van der Waals surface area contributed by atoms with E-state index in [9.17, 15) is 17.9 Å². The zero-order valence-electron chi connectivity index (χ0n) is 9.07. The van der Waals surface area contributed by atoms with Crippen LogP contribution in [0.1, 0.15) is 12.5 Å². The third-order valence-corrected chi connectivity index (χ3v) is 3.20. The second-order valence-electron chi connectivity index (χ2n) is 3.84. The standard InChI is InChI=1S/C10H14FNO3S/c1-6(12)5-7-3-4-8(13)10(9(7)11)16(2,14)15/h3-4,6,13H,5,12H2,1-2H3. The highest BCUT2D eigenvalue weighted by atomic mass is 32.2. The first-order valence-corrected chi connectivity index (χ1v) is 6.58. The number of halogens is 1. The quantitative estimate of drug-likeness (QED) is 0.828. The van der Waals surface area contributed by atoms with Crippen molar-refractivity contribution in [3.05, 3.63) is 23.5 Å². The van der Waals surface area contributed by atoms with Crippen LogP contribution in [0.5, 0.6) is 5.75 Å². The van der Waals surface area contributed by atoms with E-state index in [0.717, 1.165) is 12.3 Å². The van der Waals surface area contributed by atoms with Gasteiger partial charge in [0.2, 0.25) is 0 Å². The number of aromatic hydroxyl groups is 1. The van der Waals surface area contributed by atoms with Gasteiger partial charge < -0.3 is 10.8 Å². The highest BCUT2D eigenvalue weighted by Crippen LogP contribution is 2.28. The maximum Gasteiger partial charge on any atom is 0.182 e. The summed E-state index contributed by atoms with van der Waals surface area (Å²) in [5.74, 6) is -1.49. The van der Waals surface area contributed by atoms with Crippen LogP contribution < -0.4 is 5.73 Å². The molecule has 1 aromatic carbocycles. The molecule has 0 aromatic heterocycles. The SMILES string of the molecule is CC(N)Cc1ccc(O)c(S(C)(=O)=O)c1F. The Morgan fingerprint density at radius 1 is 1.50 bits per heavy atom. The smallest absolute Gasteiger partial charge is 0.182 e. The van der Waals surface area contributed by atoms with Gasteiger partial charge in [-0.3, -0.25) is 0 Å². The fourth-order valence-corrected chi connectivity index (χ4v) is 2.35. The minimum atomic E-state index is -3.79. The average Bonchev–Trinajstić information content (AvgIpc) is 2.07. The van der Waals surface area contributed by atoms with Gasteiger partial charge in [-0.05, 0) is 25.0 Å². The summed E-state index contributed by atoms with van der Waals surface area (Å²) in [6, 6.07) is 2.21. The second kappa shape index (κ2) is 4.39. The summed E-state index contributed by atoms with van der Waals surface area (Å²) in [4.78, 5) is -0.661. The van der Waals surface area contributed by atoms with Crippen molar-refractivity contribution in [2.75, 3.05) is 6.26 Å². The molecular weight excluding hydrogens is 233 g/mol. The fourth-order valence-electron chi connectivity index (χ4n) is 1.44. The Kier molecular flexibility index (Phi) is 3.54. The molecule has 0 radical (unpaired) electrons. The number of phenols is 1. The van der Waals surface area contributed by atoms with Crippen LogP contribution in [-0.2, 0) is 16.3 Å². The highest BCUT2D eigenvalue weighted by Gasteiger charge is 2.21. The van der Waals surface area contributed by atoms with Gasteiger partial charge >= 0.3 is 0 Å². The summed E-state index contributed by atoms with van der Waals surface area (Å²) >= 11 is 0. The van der Waals surface area contributed by atoms with Crippen molar-refractivity contribution in [1.82, 2.24) is 0 Å². The van der Waals surface area contributed by atoms with E-state index in [1.165, 1.54) is 6.07 Å². The Morgan fingerprint density at radius 3 is 2.50 bits per heavy atom. The molecule has 0 heterocycles. The van der Waals surface area contributed by atoms with Gasteiger partial charge in [0.05, 0.1) is 0 Å². The second-order valence-corrected chi connectivity index (χ2v) is 5.79. The molecule has 1 atom stereocenters. The number of benzene rings is 1. The van der Waals surface area contributed by atoms with Crippen molar-refractivity contribution in [2.24, 2.45) is 5.73 Å². The van der Waals surface area contributed by atoms with Crippen LogP contribution in [0, 0.1) is 5.82 Å². The molecule has 16 heavy (non-hydrogen) atoms. The van der Waals surface area contributed by atoms with Crippen LogP contribution in [0.3, 0.4) is 0 Å². The molecule has 0 spiro atoms. The van der Waals surface area contributed by atoms with Crippen molar-refractivity contribution < 1.29 is 17.9 Å². The average molecular weight is 247 g/mol. The van der Waals surface area contributed by atoms with Crippen molar-refractivity contribution in [3.8, 4) is 5.75 Å². The summed E-state index contributed by atoms with van der Waals surface area (Å²) in [6.45, 7) is 1.69. The van der Waals surface area contributed by atoms with Crippen LogP contribution in [0.2, 0.25) is 0 Å². The van der Waals surface area contributed by atoms with Gasteiger partial charge in [0.25, 0.3) is 0 Å². The van der Waals surface area contributed by atoms with Gasteiger partial charge in [0.1, 0.15) is 16.5 Å². The lowest BCUT2D eigenvalue weighted by atomic mass is 10.1. The number of hydrogen-bond donors (Lipinski definition) is 2. The summed E-state index contributed by atoms with van der Waals surface area (Å²) < 4.78 is 36.4. The molecule has 0 saturated carbocycles. The molecule has 0 aliphatic rings. The van der Waals surface area contributed by atoms with Gasteiger partial charge in [0, 0.05) is 12.3 Å². The first-order valence-electron chi connectivity index (χ1n) is 4.69. The highest BCUT2D eigenvalue weighted by molar-refractivity contribution is 7.90. The van der Waals surface area contributed by atoms with E-state index in [4.69, 9.17) is 5.73 Å². The maximum atomic E-state index is 13.8. The molecule has 0 aliphatic carbocycles. The van der Waals surface area contributed by atoms with Crippen molar-refractivity contribution >= 4 is 9.84 Å². The van der Waals surface area contributed by atoms with Gasteiger partial charge in [-0.25, -0.2) is 12.8 Å². The zero-order valence-corrected chi connectivity index (χ0v) is 9.88. The molecule has 6 heteroatoms. The molecule has 0 aliphatic heterocycles. The fraction of sp³-hybridized carbons (Fsp3) is 0.400. The Hall–Kier alpha value is -1.14. The first kappa shape index (κ1) is 12.9. The summed E-state index contributed by atoms with van der Waals surface area (Å²) in [5.41, 5.74) is 5.70. The third kappa shape index (κ3) is 2.70. The molecular formula is C10H14FNO3S. The molecule has 90 valence electrons. The van der Waals surface area contributed by atoms with E-state index in [2.05, 4.69) is 0 Å². The Bertz CT molecular complexity index is 497. The zero-order chi connectivity index (χ0) is 12.5. The van der Waals surface area contributed by atoms with Gasteiger partial charge in [0.15, 0.2) is 9.84 Å². The van der Waals surface area contributed by atoms with Crippen LogP contribution in [0.4, 0.5) is 4.39 Å². The lowest BCUT2D eigenvalue weighted by Crippen LogP contribution is -2.19. The van der Waals surface area contributed by atoms with Crippen molar-refractivity contribution in [2.45, 2.75) is 24.3 Å². The number of nitrogens with two attached hydrogens (primary N) is 1. The van der Waals surface area contributed by atoms with Crippen molar-refractivity contribution in [1.29, 1.82) is 0 Å². The molecule has 1 unspecified atom stereocenters. The molecule has 0 fully saturated rings. The van der Waals surface area contributed by atoms with E-state index >= 15 is 0 Å². The number of rotatable bonds is 3. The predicted molar refractivity (Wildman–Crippen MR) is 58.5 cm³/mol. The molecule has 4 nitrogen and oxygen atoms in total. The topological polar surface area (TPSA) is 80.4 Å². The number of phenolic OH excluding ortho intramolecular Hbond substituents is 1. The Balaban J connectivity index is 3.39. The molecule has 0 amide bonds. The molecule has 1 rings (SSSR count). The summed E-state index contributed by atoms with van der Waals surface area (Å²) in [7, 11) is -3.79. The lowest BCUT2D eigenvalue weighted by Gasteiger charge is -2.10.